The number of ether oxygens (including phenoxy) is 1. The molecule has 0 saturated heterocycles. The average molecular weight is 430 g/mol. The van der Waals surface area contributed by atoms with Crippen LogP contribution in [0, 0.1) is 6.92 Å². The van der Waals surface area contributed by atoms with E-state index < -0.39 is 6.10 Å². The molecule has 1 atom stereocenters. The van der Waals surface area contributed by atoms with E-state index in [0.717, 1.165) is 33.3 Å². The van der Waals surface area contributed by atoms with Crippen molar-refractivity contribution < 1.29 is 14.6 Å². The van der Waals surface area contributed by atoms with Crippen molar-refractivity contribution in [3.05, 3.63) is 76.9 Å². The number of esters is 1. The van der Waals surface area contributed by atoms with Crippen LogP contribution in [0.5, 0.6) is 0 Å². The van der Waals surface area contributed by atoms with Crippen molar-refractivity contribution in [2.45, 2.75) is 26.2 Å². The van der Waals surface area contributed by atoms with Gasteiger partial charge in [0.05, 0.1) is 23.4 Å². The van der Waals surface area contributed by atoms with Crippen LogP contribution in [0.2, 0.25) is 0 Å². The zero-order chi connectivity index (χ0) is 22.2. The van der Waals surface area contributed by atoms with Crippen LogP contribution in [-0.4, -0.2) is 54.3 Å². The summed E-state index contributed by atoms with van der Waals surface area (Å²) in [5, 5.41) is 15.1. The Morgan fingerprint density at radius 2 is 2.00 bits per heavy atom. The third-order valence-electron chi connectivity index (χ3n) is 5.72. The van der Waals surface area contributed by atoms with Gasteiger partial charge in [0.25, 0.3) is 5.95 Å². The van der Waals surface area contributed by atoms with Crippen molar-refractivity contribution in [2.75, 3.05) is 13.6 Å². The van der Waals surface area contributed by atoms with E-state index in [9.17, 15) is 9.90 Å². The summed E-state index contributed by atoms with van der Waals surface area (Å²) < 4.78 is 6.76. The third kappa shape index (κ3) is 3.61. The lowest BCUT2D eigenvalue weighted by Crippen LogP contribution is -2.25. The van der Waals surface area contributed by atoms with Crippen molar-refractivity contribution >= 4 is 17.0 Å². The largest absolute Gasteiger partial charge is 0.457 e. The highest BCUT2D eigenvalue weighted by atomic mass is 16.5. The smallest absolute Gasteiger partial charge is 0.338 e. The fourth-order valence-electron chi connectivity index (χ4n) is 4.06. The summed E-state index contributed by atoms with van der Waals surface area (Å²) >= 11 is 0. The first-order chi connectivity index (χ1) is 15.5. The second kappa shape index (κ2) is 8.10. The molecule has 1 N–H and O–H groups in total. The monoisotopic (exact) mass is 430 g/mol. The molecule has 0 radical (unpaired) electrons. The number of carbonyl (C=O) groups is 1. The number of cyclic esters (lactones) is 1. The molecule has 162 valence electrons. The zero-order valence-electron chi connectivity index (χ0n) is 17.8. The van der Waals surface area contributed by atoms with Crippen LogP contribution in [0.25, 0.3) is 17.0 Å². The fraction of sp³-hybridized carbons (Fsp3) is 0.261. The van der Waals surface area contributed by atoms with Crippen molar-refractivity contribution in [1.82, 2.24) is 29.6 Å². The maximum atomic E-state index is 11.7. The maximum Gasteiger partial charge on any atom is 0.338 e. The number of carbonyl (C=O) groups excluding carboxylic acids is 1. The minimum Gasteiger partial charge on any atom is -0.457 e. The number of aliphatic hydroxyl groups excluding tert-OH is 1. The fourth-order valence-corrected chi connectivity index (χ4v) is 4.06. The lowest BCUT2D eigenvalue weighted by molar-refractivity contribution is 0.0535. The van der Waals surface area contributed by atoms with Crippen LogP contribution >= 0.6 is 0 Å². The molecule has 0 aliphatic carbocycles. The van der Waals surface area contributed by atoms with Crippen LogP contribution in [0.15, 0.2) is 49.1 Å². The van der Waals surface area contributed by atoms with E-state index in [-0.39, 0.29) is 12.6 Å². The van der Waals surface area contributed by atoms with Crippen LogP contribution < -0.4 is 0 Å². The lowest BCUT2D eigenvalue weighted by atomic mass is 9.95. The molecule has 5 rings (SSSR count). The molecule has 1 aliphatic rings. The molecule has 1 aromatic carbocycles. The standard InChI is InChI=1S/C23H22N6O3/c1-14-16(5-6-17-18(14)13-32-22(17)31)21(30)12-28(2)11-15-8-25-23(26-9-15)29-20-4-3-7-24-19(20)10-27-29/h3-10,21,30H,11-13H2,1-2H3. The molecule has 0 saturated carbocycles. The molecular weight excluding hydrogens is 408 g/mol. The highest BCUT2D eigenvalue weighted by Crippen LogP contribution is 2.29. The van der Waals surface area contributed by atoms with Gasteiger partial charge in [-0.2, -0.15) is 9.78 Å². The molecule has 0 bridgehead atoms. The van der Waals surface area contributed by atoms with E-state index in [4.69, 9.17) is 4.74 Å². The topological polar surface area (TPSA) is 106 Å². The van der Waals surface area contributed by atoms with Gasteiger partial charge in [-0.1, -0.05) is 6.07 Å². The van der Waals surface area contributed by atoms with Gasteiger partial charge < -0.3 is 9.84 Å². The average Bonchev–Trinajstić information content (AvgIpc) is 3.39. The van der Waals surface area contributed by atoms with Crippen LogP contribution in [0.3, 0.4) is 0 Å². The van der Waals surface area contributed by atoms with Crippen molar-refractivity contribution in [3.8, 4) is 5.95 Å². The minimum atomic E-state index is -0.691. The van der Waals surface area contributed by atoms with E-state index in [2.05, 4.69) is 20.1 Å². The summed E-state index contributed by atoms with van der Waals surface area (Å²) in [6.07, 6.45) is 6.24. The number of aliphatic hydroxyl groups is 1. The van der Waals surface area contributed by atoms with E-state index in [1.807, 2.05) is 31.0 Å². The van der Waals surface area contributed by atoms with E-state index in [1.165, 1.54) is 0 Å². The number of benzene rings is 1. The molecule has 9 heteroatoms. The quantitative estimate of drug-likeness (QED) is 0.465. The number of hydrogen-bond acceptors (Lipinski definition) is 8. The van der Waals surface area contributed by atoms with Gasteiger partial charge in [0.15, 0.2) is 0 Å². The van der Waals surface area contributed by atoms with Crippen molar-refractivity contribution in [3.63, 3.8) is 0 Å². The summed E-state index contributed by atoms with van der Waals surface area (Å²) in [6.45, 7) is 3.18. The summed E-state index contributed by atoms with van der Waals surface area (Å²) in [7, 11) is 1.93. The third-order valence-corrected chi connectivity index (χ3v) is 5.72. The number of hydrogen-bond donors (Lipinski definition) is 1. The van der Waals surface area contributed by atoms with Crippen molar-refractivity contribution in [2.24, 2.45) is 0 Å². The minimum absolute atomic E-state index is 0.266. The summed E-state index contributed by atoms with van der Waals surface area (Å²) in [6, 6.07) is 7.31. The highest BCUT2D eigenvalue weighted by molar-refractivity contribution is 5.94. The van der Waals surface area contributed by atoms with E-state index >= 15 is 0 Å². The molecule has 1 aliphatic heterocycles. The molecule has 4 heterocycles. The number of rotatable bonds is 6. The first-order valence-electron chi connectivity index (χ1n) is 10.3. The molecule has 3 aromatic heterocycles. The highest BCUT2D eigenvalue weighted by Gasteiger charge is 2.26. The van der Waals surface area contributed by atoms with Gasteiger partial charge in [-0.3, -0.25) is 9.88 Å². The van der Waals surface area contributed by atoms with Gasteiger partial charge in [0, 0.05) is 42.8 Å². The molecule has 4 aromatic rings. The molecule has 1 unspecified atom stereocenters. The van der Waals surface area contributed by atoms with Gasteiger partial charge >= 0.3 is 5.97 Å². The number of nitrogens with zero attached hydrogens (tertiary/aromatic N) is 6. The summed E-state index contributed by atoms with van der Waals surface area (Å²) in [4.78, 5) is 26.9. The molecular formula is C23H22N6O3. The Balaban J connectivity index is 1.26. The Kier molecular flexibility index (Phi) is 5.12. The number of fused-ring (bicyclic) bond motifs is 2. The Morgan fingerprint density at radius 3 is 2.81 bits per heavy atom. The van der Waals surface area contributed by atoms with Gasteiger partial charge in [0.2, 0.25) is 0 Å². The molecule has 0 fully saturated rings. The lowest BCUT2D eigenvalue weighted by Gasteiger charge is -2.22. The second-order valence-corrected chi connectivity index (χ2v) is 7.95. The normalized spacial score (nSPS) is 14.1. The Hall–Kier alpha value is -3.69. The number of pyridine rings is 1. The predicted octanol–water partition coefficient (Wildman–Crippen LogP) is 2.35. The first kappa shape index (κ1) is 20.2. The van der Waals surface area contributed by atoms with Crippen molar-refractivity contribution in [1.29, 1.82) is 0 Å². The van der Waals surface area contributed by atoms with Gasteiger partial charge in [-0.25, -0.2) is 14.8 Å². The summed E-state index contributed by atoms with van der Waals surface area (Å²) in [5.74, 6) is 0.175. The molecule has 32 heavy (non-hydrogen) atoms. The van der Waals surface area contributed by atoms with Crippen LogP contribution in [-0.2, 0) is 17.9 Å². The molecule has 0 amide bonds. The first-order valence-corrected chi connectivity index (χ1v) is 10.3. The maximum absolute atomic E-state index is 11.7. The van der Waals surface area contributed by atoms with Crippen LogP contribution in [0.4, 0.5) is 0 Å². The summed E-state index contributed by atoms with van der Waals surface area (Å²) in [5.41, 5.74) is 5.71. The predicted molar refractivity (Wildman–Crippen MR) is 116 cm³/mol. The number of aromatic nitrogens is 5. The zero-order valence-corrected chi connectivity index (χ0v) is 17.8. The molecule has 0 spiro atoms. The Labute approximate surface area is 184 Å². The van der Waals surface area contributed by atoms with Gasteiger partial charge in [-0.05, 0) is 43.3 Å². The second-order valence-electron chi connectivity index (χ2n) is 7.95. The Bertz CT molecular complexity index is 1300. The van der Waals surface area contributed by atoms with Gasteiger partial charge in [0.1, 0.15) is 12.1 Å². The Morgan fingerprint density at radius 1 is 1.19 bits per heavy atom. The van der Waals surface area contributed by atoms with Gasteiger partial charge in [-0.15, -0.1) is 0 Å². The number of likely N-dealkylation sites (N-methyl/N-ethyl adjacent to an activating group) is 1. The molecule has 9 nitrogen and oxygen atoms in total. The van der Waals surface area contributed by atoms with Crippen LogP contribution in [0.1, 0.15) is 38.7 Å². The van der Waals surface area contributed by atoms with E-state index in [1.54, 1.807) is 41.6 Å². The SMILES string of the molecule is Cc1c(C(O)CN(C)Cc2cnc(-n3ncc4ncccc43)nc2)ccc2c1COC2=O. The van der Waals surface area contributed by atoms with E-state index in [0.29, 0.717) is 24.6 Å².